The largest absolute Gasteiger partial charge is 0.495 e. The van der Waals surface area contributed by atoms with Crippen molar-refractivity contribution in [3.8, 4) is 11.5 Å². The number of rotatable bonds is 1. The minimum Gasteiger partial charge on any atom is -0.495 e. The van der Waals surface area contributed by atoms with Crippen molar-refractivity contribution in [3.05, 3.63) is 22.3 Å². The standard InChI is InChI=1S/C25H32O8/c1-12-14-11-31-21(28)18(14)20(30-6)13-9-15-23(4)8-7-17(27)32-22(2,3)25(23,29)16(26)10-24(15,5)33-19(12)13/h15-16,26,29H,7-11H2,1-6H3/t15-,16-,23+,24-,25+/m1/s1. The second kappa shape index (κ2) is 6.63. The van der Waals surface area contributed by atoms with Gasteiger partial charge in [-0.25, -0.2) is 4.79 Å². The Kier molecular flexibility index (Phi) is 4.51. The Labute approximate surface area is 193 Å². The first kappa shape index (κ1) is 22.5. The van der Waals surface area contributed by atoms with Crippen molar-refractivity contribution in [2.45, 2.75) is 89.8 Å². The molecule has 0 amide bonds. The number of benzene rings is 1. The Hall–Kier alpha value is -2.32. The zero-order valence-corrected chi connectivity index (χ0v) is 20.0. The van der Waals surface area contributed by atoms with Gasteiger partial charge in [0.05, 0.1) is 13.2 Å². The molecule has 2 fully saturated rings. The van der Waals surface area contributed by atoms with E-state index < -0.39 is 40.3 Å². The monoisotopic (exact) mass is 460 g/mol. The van der Waals surface area contributed by atoms with Gasteiger partial charge < -0.3 is 29.2 Å². The molecule has 0 radical (unpaired) electrons. The lowest BCUT2D eigenvalue weighted by atomic mass is 9.46. The highest BCUT2D eigenvalue weighted by molar-refractivity contribution is 5.98. The van der Waals surface area contributed by atoms with Crippen LogP contribution in [0.1, 0.15) is 74.0 Å². The fourth-order valence-electron chi connectivity index (χ4n) is 7.31. The zero-order valence-electron chi connectivity index (χ0n) is 20.0. The van der Waals surface area contributed by atoms with Crippen LogP contribution in [0.2, 0.25) is 0 Å². The van der Waals surface area contributed by atoms with Crippen LogP contribution in [0.5, 0.6) is 11.5 Å². The van der Waals surface area contributed by atoms with Gasteiger partial charge in [-0.2, -0.15) is 0 Å². The molecule has 3 aliphatic heterocycles. The van der Waals surface area contributed by atoms with Gasteiger partial charge in [-0.05, 0) is 46.1 Å². The Bertz CT molecular complexity index is 1080. The molecule has 33 heavy (non-hydrogen) atoms. The highest BCUT2D eigenvalue weighted by Gasteiger charge is 2.73. The van der Waals surface area contributed by atoms with E-state index in [1.807, 2.05) is 20.8 Å². The molecule has 0 aromatic heterocycles. The number of methoxy groups -OCH3 is 1. The first-order valence-electron chi connectivity index (χ1n) is 11.5. The first-order chi connectivity index (χ1) is 15.3. The van der Waals surface area contributed by atoms with Gasteiger partial charge in [-0.3, -0.25) is 4.79 Å². The summed E-state index contributed by atoms with van der Waals surface area (Å²) in [6.45, 7) is 9.26. The normalized spacial score (nSPS) is 38.5. The lowest BCUT2D eigenvalue weighted by Gasteiger charge is -2.65. The maximum Gasteiger partial charge on any atom is 0.342 e. The Morgan fingerprint density at radius 1 is 1.09 bits per heavy atom. The average molecular weight is 461 g/mol. The predicted molar refractivity (Wildman–Crippen MR) is 116 cm³/mol. The van der Waals surface area contributed by atoms with Crippen molar-refractivity contribution in [1.29, 1.82) is 0 Å². The summed E-state index contributed by atoms with van der Waals surface area (Å²) in [4.78, 5) is 25.0. The molecule has 180 valence electrons. The molecular weight excluding hydrogens is 428 g/mol. The van der Waals surface area contributed by atoms with Gasteiger partial charge in [0.2, 0.25) is 0 Å². The summed E-state index contributed by atoms with van der Waals surface area (Å²) in [5, 5.41) is 23.5. The third kappa shape index (κ3) is 2.59. The molecule has 0 unspecified atom stereocenters. The summed E-state index contributed by atoms with van der Waals surface area (Å²) in [6.07, 6.45) is -0.102. The topological polar surface area (TPSA) is 112 Å². The Morgan fingerprint density at radius 2 is 1.79 bits per heavy atom. The van der Waals surface area contributed by atoms with Gasteiger partial charge in [0, 0.05) is 35.3 Å². The third-order valence-electron chi connectivity index (χ3n) is 8.96. The summed E-state index contributed by atoms with van der Waals surface area (Å²) in [5.74, 6) is -0.0253. The van der Waals surface area contributed by atoms with E-state index in [4.69, 9.17) is 18.9 Å². The maximum absolute atomic E-state index is 12.5. The lowest BCUT2D eigenvalue weighted by molar-refractivity contribution is -0.302. The molecule has 2 N–H and O–H groups in total. The molecule has 5 atom stereocenters. The summed E-state index contributed by atoms with van der Waals surface area (Å²) < 4.78 is 23.3. The van der Waals surface area contributed by atoms with Crippen LogP contribution in [0, 0.1) is 18.3 Å². The molecule has 0 bridgehead atoms. The van der Waals surface area contributed by atoms with Crippen LogP contribution in [-0.4, -0.2) is 52.2 Å². The van der Waals surface area contributed by atoms with Crippen molar-refractivity contribution in [1.82, 2.24) is 0 Å². The molecule has 1 saturated heterocycles. The average Bonchev–Trinajstić information content (AvgIpc) is 3.09. The quantitative estimate of drug-likeness (QED) is 0.615. The lowest BCUT2D eigenvalue weighted by Crippen LogP contribution is -2.76. The van der Waals surface area contributed by atoms with E-state index in [0.717, 1.165) is 16.7 Å². The highest BCUT2D eigenvalue weighted by atomic mass is 16.6. The molecule has 3 heterocycles. The van der Waals surface area contributed by atoms with Crippen LogP contribution in [0.15, 0.2) is 0 Å². The number of aliphatic hydroxyl groups is 2. The number of aliphatic hydroxyl groups excluding tert-OH is 1. The van der Waals surface area contributed by atoms with Crippen LogP contribution in [-0.2, 0) is 27.3 Å². The minimum atomic E-state index is -1.70. The van der Waals surface area contributed by atoms with Gasteiger partial charge in [-0.15, -0.1) is 0 Å². The zero-order chi connectivity index (χ0) is 24.1. The van der Waals surface area contributed by atoms with Crippen molar-refractivity contribution in [3.63, 3.8) is 0 Å². The van der Waals surface area contributed by atoms with E-state index in [-0.39, 0.29) is 25.4 Å². The Balaban J connectivity index is 1.73. The van der Waals surface area contributed by atoms with E-state index in [2.05, 4.69) is 0 Å². The fraction of sp³-hybridized carbons (Fsp3) is 0.680. The van der Waals surface area contributed by atoms with E-state index in [0.29, 0.717) is 29.9 Å². The van der Waals surface area contributed by atoms with Crippen molar-refractivity contribution < 1.29 is 38.7 Å². The summed E-state index contributed by atoms with van der Waals surface area (Å²) >= 11 is 0. The van der Waals surface area contributed by atoms with Crippen LogP contribution in [0.4, 0.5) is 0 Å². The van der Waals surface area contributed by atoms with Gasteiger partial charge in [-0.1, -0.05) is 6.92 Å². The van der Waals surface area contributed by atoms with E-state index >= 15 is 0 Å². The van der Waals surface area contributed by atoms with Crippen LogP contribution in [0.3, 0.4) is 0 Å². The van der Waals surface area contributed by atoms with Crippen LogP contribution in [0.25, 0.3) is 0 Å². The van der Waals surface area contributed by atoms with Crippen LogP contribution < -0.4 is 9.47 Å². The number of ether oxygens (including phenoxy) is 4. The summed E-state index contributed by atoms with van der Waals surface area (Å²) in [7, 11) is 1.52. The number of fused-ring (bicyclic) bond motifs is 5. The molecule has 1 aliphatic carbocycles. The maximum atomic E-state index is 12.5. The molecule has 5 rings (SSSR count). The van der Waals surface area contributed by atoms with E-state index in [1.54, 1.807) is 13.8 Å². The number of esters is 2. The van der Waals surface area contributed by atoms with E-state index in [1.165, 1.54) is 7.11 Å². The number of hydrogen-bond donors (Lipinski definition) is 2. The van der Waals surface area contributed by atoms with Crippen molar-refractivity contribution >= 4 is 11.9 Å². The minimum absolute atomic E-state index is 0.126. The number of hydrogen-bond acceptors (Lipinski definition) is 8. The second-order valence-electron chi connectivity index (χ2n) is 11.0. The first-order valence-corrected chi connectivity index (χ1v) is 11.5. The smallest absolute Gasteiger partial charge is 0.342 e. The fourth-order valence-corrected chi connectivity index (χ4v) is 7.31. The van der Waals surface area contributed by atoms with Gasteiger partial charge in [0.25, 0.3) is 0 Å². The highest BCUT2D eigenvalue weighted by Crippen LogP contribution is 2.64. The molecule has 8 nitrogen and oxygen atoms in total. The predicted octanol–water partition coefficient (Wildman–Crippen LogP) is 2.60. The second-order valence-corrected chi connectivity index (χ2v) is 11.0. The summed E-state index contributed by atoms with van der Waals surface area (Å²) in [5.41, 5.74) is -1.98. The van der Waals surface area contributed by atoms with E-state index in [9.17, 15) is 19.8 Å². The molecule has 0 spiro atoms. The molecule has 1 aromatic carbocycles. The van der Waals surface area contributed by atoms with Crippen LogP contribution >= 0.6 is 0 Å². The summed E-state index contributed by atoms with van der Waals surface area (Å²) in [6, 6.07) is 0. The van der Waals surface area contributed by atoms with Crippen molar-refractivity contribution in [2.24, 2.45) is 11.3 Å². The molecule has 1 aromatic rings. The Morgan fingerprint density at radius 3 is 2.45 bits per heavy atom. The molecule has 1 saturated carbocycles. The molecule has 4 aliphatic rings. The molecular formula is C25H32O8. The number of carbonyl (C=O) groups is 2. The van der Waals surface area contributed by atoms with Crippen molar-refractivity contribution in [2.75, 3.05) is 7.11 Å². The van der Waals surface area contributed by atoms with Gasteiger partial charge >= 0.3 is 11.9 Å². The van der Waals surface area contributed by atoms with Gasteiger partial charge in [0.1, 0.15) is 40.5 Å². The van der Waals surface area contributed by atoms with Gasteiger partial charge in [0.15, 0.2) is 0 Å². The number of cyclic esters (lactones) is 2. The third-order valence-corrected chi connectivity index (χ3v) is 8.96. The SMILES string of the molecule is COc1c2c(c(C)c3c1C(=O)OC3)O[C@]1(C)C[C@@H](O)[C@]3(O)C(C)(C)OC(=O)CC[C@@]3(C)[C@H]1C2. The number of carbonyl (C=O) groups excluding carboxylic acids is 2. The molecule has 8 heteroatoms.